The Morgan fingerprint density at radius 1 is 1.04 bits per heavy atom. The molecular formula is C18H20ClNO2S. The Hall–Kier alpha value is -1.65. The second-order valence-electron chi connectivity index (χ2n) is 5.39. The number of amides is 1. The summed E-state index contributed by atoms with van der Waals surface area (Å²) in [5.74, 6) is 0.754. The maximum absolute atomic E-state index is 12.3. The van der Waals surface area contributed by atoms with E-state index in [0.29, 0.717) is 5.02 Å². The number of hydrogen-bond donors (Lipinski definition) is 1. The van der Waals surface area contributed by atoms with Crippen LogP contribution in [-0.4, -0.2) is 17.3 Å². The number of ether oxygens (including phenoxy) is 1. The molecule has 2 rings (SSSR count). The molecule has 0 saturated carbocycles. The van der Waals surface area contributed by atoms with Gasteiger partial charge in [0.05, 0.1) is 11.4 Å². The van der Waals surface area contributed by atoms with Gasteiger partial charge in [-0.2, -0.15) is 0 Å². The van der Waals surface area contributed by atoms with Crippen LogP contribution in [0.15, 0.2) is 53.4 Å². The van der Waals surface area contributed by atoms with E-state index in [4.69, 9.17) is 16.3 Å². The molecule has 122 valence electrons. The SMILES string of the molecule is CC(C)Oc1ccc(NC(=O)[C@H](C)Sc2ccc(Cl)cc2)cc1. The van der Waals surface area contributed by atoms with E-state index in [1.165, 1.54) is 11.8 Å². The van der Waals surface area contributed by atoms with Crippen LogP contribution in [0.3, 0.4) is 0 Å². The molecule has 0 heterocycles. The Morgan fingerprint density at radius 3 is 2.22 bits per heavy atom. The lowest BCUT2D eigenvalue weighted by molar-refractivity contribution is -0.115. The molecule has 0 radical (unpaired) electrons. The number of hydrogen-bond acceptors (Lipinski definition) is 3. The Kier molecular flexibility index (Phi) is 6.37. The van der Waals surface area contributed by atoms with Crippen LogP contribution >= 0.6 is 23.4 Å². The highest BCUT2D eigenvalue weighted by molar-refractivity contribution is 8.00. The fourth-order valence-corrected chi connectivity index (χ4v) is 2.90. The van der Waals surface area contributed by atoms with E-state index in [2.05, 4.69) is 5.32 Å². The first kappa shape index (κ1) is 17.7. The zero-order chi connectivity index (χ0) is 16.8. The number of benzene rings is 2. The monoisotopic (exact) mass is 349 g/mol. The predicted molar refractivity (Wildman–Crippen MR) is 97.6 cm³/mol. The van der Waals surface area contributed by atoms with Crippen molar-refractivity contribution in [3.63, 3.8) is 0 Å². The fourth-order valence-electron chi connectivity index (χ4n) is 1.90. The van der Waals surface area contributed by atoms with Crippen LogP contribution in [0.25, 0.3) is 0 Å². The first-order valence-corrected chi connectivity index (χ1v) is 8.69. The van der Waals surface area contributed by atoms with Crippen molar-refractivity contribution in [1.29, 1.82) is 0 Å². The zero-order valence-electron chi connectivity index (χ0n) is 13.4. The van der Waals surface area contributed by atoms with Crippen LogP contribution in [0.1, 0.15) is 20.8 Å². The standard InChI is InChI=1S/C18H20ClNO2S/c1-12(2)22-16-8-6-15(7-9-16)20-18(21)13(3)23-17-10-4-14(19)5-11-17/h4-13H,1-3H3,(H,20,21)/t13-/m0/s1. The lowest BCUT2D eigenvalue weighted by Crippen LogP contribution is -2.22. The lowest BCUT2D eigenvalue weighted by Gasteiger charge is -2.13. The molecular weight excluding hydrogens is 330 g/mol. The highest BCUT2D eigenvalue weighted by atomic mass is 35.5. The smallest absolute Gasteiger partial charge is 0.237 e. The fraction of sp³-hybridized carbons (Fsp3) is 0.278. The summed E-state index contributed by atoms with van der Waals surface area (Å²) in [6, 6.07) is 14.9. The summed E-state index contributed by atoms with van der Waals surface area (Å²) >= 11 is 7.36. The van der Waals surface area contributed by atoms with E-state index in [0.717, 1.165) is 16.3 Å². The van der Waals surface area contributed by atoms with E-state index < -0.39 is 0 Å². The minimum Gasteiger partial charge on any atom is -0.491 e. The second-order valence-corrected chi connectivity index (χ2v) is 7.24. The molecule has 0 aromatic heterocycles. The number of carbonyl (C=O) groups is 1. The van der Waals surface area contributed by atoms with Gasteiger partial charge in [0.15, 0.2) is 0 Å². The van der Waals surface area contributed by atoms with Gasteiger partial charge in [-0.1, -0.05) is 11.6 Å². The molecule has 2 aromatic carbocycles. The third kappa shape index (κ3) is 5.81. The van der Waals surface area contributed by atoms with Crippen molar-refractivity contribution in [3.05, 3.63) is 53.6 Å². The van der Waals surface area contributed by atoms with Crippen molar-refractivity contribution in [2.75, 3.05) is 5.32 Å². The van der Waals surface area contributed by atoms with Crippen LogP contribution in [0.2, 0.25) is 5.02 Å². The summed E-state index contributed by atoms with van der Waals surface area (Å²) in [5, 5.41) is 3.40. The summed E-state index contributed by atoms with van der Waals surface area (Å²) in [5.41, 5.74) is 0.759. The van der Waals surface area contributed by atoms with Crippen molar-refractivity contribution >= 4 is 35.0 Å². The molecule has 0 saturated heterocycles. The van der Waals surface area contributed by atoms with Crippen LogP contribution in [0.5, 0.6) is 5.75 Å². The van der Waals surface area contributed by atoms with E-state index in [-0.39, 0.29) is 17.3 Å². The molecule has 0 fully saturated rings. The van der Waals surface area contributed by atoms with Gasteiger partial charge in [-0.05, 0) is 69.3 Å². The van der Waals surface area contributed by atoms with Gasteiger partial charge >= 0.3 is 0 Å². The summed E-state index contributed by atoms with van der Waals surface area (Å²) in [6.07, 6.45) is 0.131. The average molecular weight is 350 g/mol. The number of halogens is 1. The van der Waals surface area contributed by atoms with Crippen molar-refractivity contribution in [2.24, 2.45) is 0 Å². The zero-order valence-corrected chi connectivity index (χ0v) is 14.9. The van der Waals surface area contributed by atoms with Gasteiger partial charge < -0.3 is 10.1 Å². The maximum Gasteiger partial charge on any atom is 0.237 e. The largest absolute Gasteiger partial charge is 0.491 e. The molecule has 0 aliphatic carbocycles. The Morgan fingerprint density at radius 2 is 1.65 bits per heavy atom. The molecule has 1 atom stereocenters. The van der Waals surface area contributed by atoms with Crippen molar-refractivity contribution in [1.82, 2.24) is 0 Å². The van der Waals surface area contributed by atoms with E-state index in [9.17, 15) is 4.79 Å². The minimum atomic E-state index is -0.206. The predicted octanol–water partition coefficient (Wildman–Crippen LogP) is 5.25. The van der Waals surface area contributed by atoms with Gasteiger partial charge in [-0.3, -0.25) is 4.79 Å². The second kappa shape index (κ2) is 8.27. The van der Waals surface area contributed by atoms with Crippen molar-refractivity contribution in [2.45, 2.75) is 37.0 Å². The molecule has 23 heavy (non-hydrogen) atoms. The third-order valence-electron chi connectivity index (χ3n) is 2.99. The number of thioether (sulfide) groups is 1. The summed E-state index contributed by atoms with van der Waals surface area (Å²) in [4.78, 5) is 13.3. The summed E-state index contributed by atoms with van der Waals surface area (Å²) < 4.78 is 5.58. The first-order chi connectivity index (χ1) is 10.9. The molecule has 2 aromatic rings. The minimum absolute atomic E-state index is 0.0394. The number of rotatable bonds is 6. The molecule has 0 aliphatic rings. The molecule has 1 amide bonds. The Balaban J connectivity index is 1.91. The maximum atomic E-state index is 12.3. The van der Waals surface area contributed by atoms with Gasteiger partial charge in [-0.25, -0.2) is 0 Å². The summed E-state index contributed by atoms with van der Waals surface area (Å²) in [7, 11) is 0. The van der Waals surface area contributed by atoms with Crippen LogP contribution in [-0.2, 0) is 4.79 Å². The average Bonchev–Trinajstić information content (AvgIpc) is 2.51. The first-order valence-electron chi connectivity index (χ1n) is 7.44. The Labute approximate surface area is 146 Å². The normalized spacial score (nSPS) is 12.0. The van der Waals surface area contributed by atoms with Crippen LogP contribution in [0.4, 0.5) is 5.69 Å². The number of anilines is 1. The highest BCUT2D eigenvalue weighted by Crippen LogP contribution is 2.26. The van der Waals surface area contributed by atoms with Crippen LogP contribution in [0, 0.1) is 0 Å². The molecule has 5 heteroatoms. The number of nitrogens with one attached hydrogen (secondary N) is 1. The molecule has 0 spiro atoms. The summed E-state index contributed by atoms with van der Waals surface area (Å²) in [6.45, 7) is 5.83. The lowest BCUT2D eigenvalue weighted by atomic mass is 10.3. The van der Waals surface area contributed by atoms with Crippen molar-refractivity contribution in [3.8, 4) is 5.75 Å². The van der Waals surface area contributed by atoms with Gasteiger partial charge in [0, 0.05) is 15.6 Å². The van der Waals surface area contributed by atoms with E-state index >= 15 is 0 Å². The number of carbonyl (C=O) groups excluding carboxylic acids is 1. The van der Waals surface area contributed by atoms with Gasteiger partial charge in [0.25, 0.3) is 0 Å². The topological polar surface area (TPSA) is 38.3 Å². The van der Waals surface area contributed by atoms with Crippen LogP contribution < -0.4 is 10.1 Å². The molecule has 0 bridgehead atoms. The van der Waals surface area contributed by atoms with Gasteiger partial charge in [0.1, 0.15) is 5.75 Å². The Bertz CT molecular complexity index is 641. The van der Waals surface area contributed by atoms with E-state index in [1.54, 1.807) is 0 Å². The quantitative estimate of drug-likeness (QED) is 0.724. The van der Waals surface area contributed by atoms with Gasteiger partial charge in [-0.15, -0.1) is 11.8 Å². The molecule has 0 aliphatic heterocycles. The third-order valence-corrected chi connectivity index (χ3v) is 4.35. The van der Waals surface area contributed by atoms with Gasteiger partial charge in [0.2, 0.25) is 5.91 Å². The van der Waals surface area contributed by atoms with E-state index in [1.807, 2.05) is 69.3 Å². The molecule has 1 N–H and O–H groups in total. The molecule has 3 nitrogen and oxygen atoms in total. The molecule has 0 unspecified atom stereocenters. The van der Waals surface area contributed by atoms with Crippen molar-refractivity contribution < 1.29 is 9.53 Å². The highest BCUT2D eigenvalue weighted by Gasteiger charge is 2.14.